The van der Waals surface area contributed by atoms with Crippen LogP contribution in [0.1, 0.15) is 22.7 Å². The first-order chi connectivity index (χ1) is 10.2. The highest BCUT2D eigenvalue weighted by Gasteiger charge is 2.32. The third-order valence-electron chi connectivity index (χ3n) is 4.21. The monoisotopic (exact) mass is 301 g/mol. The van der Waals surface area contributed by atoms with Crippen LogP contribution in [0, 0.1) is 0 Å². The average Bonchev–Trinajstić information content (AvgIpc) is 3.11. The second kappa shape index (κ2) is 4.93. The first-order valence-corrected chi connectivity index (χ1v) is 7.55. The van der Waals surface area contributed by atoms with E-state index in [4.69, 9.17) is 26.8 Å². The summed E-state index contributed by atoms with van der Waals surface area (Å²) < 4.78 is 11.7. The molecule has 2 aliphatic rings. The highest BCUT2D eigenvalue weighted by atomic mass is 35.5. The van der Waals surface area contributed by atoms with E-state index in [1.165, 1.54) is 5.56 Å². The molecule has 4 rings (SSSR count). The third-order valence-corrected chi connectivity index (χ3v) is 4.43. The van der Waals surface area contributed by atoms with Crippen molar-refractivity contribution in [1.29, 1.82) is 0 Å². The normalized spacial score (nSPS) is 20.4. The minimum Gasteiger partial charge on any atom is -0.493 e. The van der Waals surface area contributed by atoms with E-state index in [2.05, 4.69) is 6.07 Å². The van der Waals surface area contributed by atoms with Crippen molar-refractivity contribution >= 4 is 11.6 Å². The summed E-state index contributed by atoms with van der Waals surface area (Å²) in [6.07, 6.45) is 1.63. The zero-order valence-electron chi connectivity index (χ0n) is 11.5. The summed E-state index contributed by atoms with van der Waals surface area (Å²) in [7, 11) is 0. The van der Waals surface area contributed by atoms with Crippen molar-refractivity contribution in [2.24, 2.45) is 5.73 Å². The number of fused-ring (bicyclic) bond motifs is 2. The lowest BCUT2D eigenvalue weighted by molar-refractivity contribution is 0.197. The predicted molar refractivity (Wildman–Crippen MR) is 82.1 cm³/mol. The van der Waals surface area contributed by atoms with Gasteiger partial charge < -0.3 is 15.2 Å². The van der Waals surface area contributed by atoms with Crippen LogP contribution in [0.25, 0.3) is 0 Å². The molecule has 3 nitrogen and oxygen atoms in total. The molecule has 2 N–H and O–H groups in total. The van der Waals surface area contributed by atoms with E-state index in [-0.39, 0.29) is 12.1 Å². The molecule has 0 amide bonds. The Morgan fingerprint density at radius 2 is 2.05 bits per heavy atom. The lowest BCUT2D eigenvalue weighted by atomic mass is 9.96. The molecule has 0 bridgehead atoms. The Kier molecular flexibility index (Phi) is 3.05. The van der Waals surface area contributed by atoms with Crippen molar-refractivity contribution in [3.8, 4) is 11.5 Å². The zero-order chi connectivity index (χ0) is 14.4. The Bertz CT molecular complexity index is 676. The molecular formula is C17H16ClNO2. The minimum absolute atomic E-state index is 0.0748. The van der Waals surface area contributed by atoms with Gasteiger partial charge in [0.2, 0.25) is 0 Å². The number of ether oxygens (including phenoxy) is 2. The Hall–Kier alpha value is -1.71. The van der Waals surface area contributed by atoms with Gasteiger partial charge in [0, 0.05) is 23.4 Å². The number of hydrogen-bond donors (Lipinski definition) is 1. The minimum atomic E-state index is -0.247. The number of benzene rings is 2. The molecule has 0 aliphatic carbocycles. The number of nitrogens with two attached hydrogens (primary N) is 1. The van der Waals surface area contributed by atoms with Crippen LogP contribution < -0.4 is 15.2 Å². The van der Waals surface area contributed by atoms with Crippen LogP contribution in [-0.2, 0) is 12.8 Å². The van der Waals surface area contributed by atoms with Crippen molar-refractivity contribution in [2.45, 2.75) is 25.0 Å². The van der Waals surface area contributed by atoms with Crippen LogP contribution in [0.2, 0.25) is 5.02 Å². The largest absolute Gasteiger partial charge is 0.493 e. The van der Waals surface area contributed by atoms with Gasteiger partial charge in [0.25, 0.3) is 0 Å². The molecular weight excluding hydrogens is 286 g/mol. The van der Waals surface area contributed by atoms with Crippen molar-refractivity contribution in [3.05, 3.63) is 58.1 Å². The highest BCUT2D eigenvalue weighted by Crippen LogP contribution is 2.40. The molecule has 108 valence electrons. The summed E-state index contributed by atoms with van der Waals surface area (Å²) in [6.45, 7) is 0.696. The molecule has 0 radical (unpaired) electrons. The number of rotatable bonds is 2. The molecule has 0 spiro atoms. The van der Waals surface area contributed by atoms with Gasteiger partial charge in [-0.3, -0.25) is 0 Å². The fourth-order valence-corrected chi connectivity index (χ4v) is 3.40. The van der Waals surface area contributed by atoms with Crippen LogP contribution >= 0.6 is 11.6 Å². The molecule has 2 atom stereocenters. The molecule has 0 saturated carbocycles. The maximum atomic E-state index is 6.46. The molecule has 2 unspecified atom stereocenters. The van der Waals surface area contributed by atoms with E-state index < -0.39 is 0 Å². The van der Waals surface area contributed by atoms with Gasteiger partial charge in [-0.25, -0.2) is 0 Å². The van der Waals surface area contributed by atoms with Crippen LogP contribution in [0.3, 0.4) is 0 Å². The van der Waals surface area contributed by atoms with Crippen molar-refractivity contribution in [1.82, 2.24) is 0 Å². The SMILES string of the molecule is NC(c1cc(Cl)cc2c1OCC2)C1Cc2ccccc2O1. The third kappa shape index (κ3) is 2.17. The molecule has 2 aliphatic heterocycles. The van der Waals surface area contributed by atoms with E-state index in [1.807, 2.05) is 30.3 Å². The van der Waals surface area contributed by atoms with E-state index in [1.54, 1.807) is 0 Å². The Balaban J connectivity index is 1.67. The molecule has 2 heterocycles. The van der Waals surface area contributed by atoms with Crippen molar-refractivity contribution in [3.63, 3.8) is 0 Å². The first kappa shape index (κ1) is 13.0. The summed E-state index contributed by atoms with van der Waals surface area (Å²) in [5.74, 6) is 1.82. The number of hydrogen-bond acceptors (Lipinski definition) is 3. The summed E-state index contributed by atoms with van der Waals surface area (Å²) in [6, 6.07) is 11.7. The van der Waals surface area contributed by atoms with Crippen molar-refractivity contribution in [2.75, 3.05) is 6.61 Å². The average molecular weight is 302 g/mol. The lowest BCUT2D eigenvalue weighted by Crippen LogP contribution is -2.30. The fourth-order valence-electron chi connectivity index (χ4n) is 3.16. The molecule has 0 aromatic heterocycles. The number of para-hydroxylation sites is 1. The fraction of sp³-hybridized carbons (Fsp3) is 0.294. The maximum absolute atomic E-state index is 6.46. The maximum Gasteiger partial charge on any atom is 0.127 e. The summed E-state index contributed by atoms with van der Waals surface area (Å²) >= 11 is 6.22. The van der Waals surface area contributed by atoms with E-state index in [0.717, 1.165) is 35.5 Å². The summed E-state index contributed by atoms with van der Waals surface area (Å²) in [5, 5.41) is 0.709. The Morgan fingerprint density at radius 3 is 2.90 bits per heavy atom. The van der Waals surface area contributed by atoms with Gasteiger partial charge in [-0.2, -0.15) is 0 Å². The second-order valence-corrected chi connectivity index (χ2v) is 6.01. The number of halogens is 1. The topological polar surface area (TPSA) is 44.5 Å². The van der Waals surface area contributed by atoms with Crippen LogP contribution in [0.15, 0.2) is 36.4 Å². The zero-order valence-corrected chi connectivity index (χ0v) is 12.3. The Labute approximate surface area is 128 Å². The van der Waals surface area contributed by atoms with E-state index in [0.29, 0.717) is 11.6 Å². The second-order valence-electron chi connectivity index (χ2n) is 5.58. The molecule has 2 aromatic rings. The predicted octanol–water partition coefficient (Wildman–Crippen LogP) is 3.28. The lowest BCUT2D eigenvalue weighted by Gasteiger charge is -2.21. The molecule has 0 saturated heterocycles. The van der Waals surface area contributed by atoms with Crippen LogP contribution in [0.5, 0.6) is 11.5 Å². The molecule has 2 aromatic carbocycles. The standard InChI is InChI=1S/C17H16ClNO2/c18-12-7-11-5-6-20-17(11)13(9-12)16(19)15-8-10-3-1-2-4-14(10)21-15/h1-4,7,9,15-16H,5-6,8,19H2. The molecule has 0 fully saturated rings. The molecule has 21 heavy (non-hydrogen) atoms. The van der Waals surface area contributed by atoms with Gasteiger partial charge in [-0.15, -0.1) is 0 Å². The summed E-state index contributed by atoms with van der Waals surface area (Å²) in [4.78, 5) is 0. The van der Waals surface area contributed by atoms with E-state index >= 15 is 0 Å². The first-order valence-electron chi connectivity index (χ1n) is 7.17. The highest BCUT2D eigenvalue weighted by molar-refractivity contribution is 6.30. The summed E-state index contributed by atoms with van der Waals surface area (Å²) in [5.41, 5.74) is 9.76. The van der Waals surface area contributed by atoms with Gasteiger partial charge in [0.1, 0.15) is 17.6 Å². The van der Waals surface area contributed by atoms with E-state index in [9.17, 15) is 0 Å². The van der Waals surface area contributed by atoms with Gasteiger partial charge in [-0.1, -0.05) is 29.8 Å². The Morgan fingerprint density at radius 1 is 1.19 bits per heavy atom. The van der Waals surface area contributed by atoms with Gasteiger partial charge >= 0.3 is 0 Å². The van der Waals surface area contributed by atoms with Gasteiger partial charge in [0.15, 0.2) is 0 Å². The van der Waals surface area contributed by atoms with Crippen LogP contribution in [-0.4, -0.2) is 12.7 Å². The smallest absolute Gasteiger partial charge is 0.127 e. The van der Waals surface area contributed by atoms with Gasteiger partial charge in [0.05, 0.1) is 12.6 Å². The quantitative estimate of drug-likeness (QED) is 0.926. The van der Waals surface area contributed by atoms with Crippen LogP contribution in [0.4, 0.5) is 0 Å². The molecule has 4 heteroatoms. The van der Waals surface area contributed by atoms with Crippen molar-refractivity contribution < 1.29 is 9.47 Å². The van der Waals surface area contributed by atoms with Gasteiger partial charge in [-0.05, 0) is 29.3 Å².